The number of aryl methyl sites for hydroxylation is 3. The lowest BCUT2D eigenvalue weighted by Crippen LogP contribution is -2.47. The van der Waals surface area contributed by atoms with Crippen molar-refractivity contribution in [3.63, 3.8) is 0 Å². The molecule has 2 aliphatic heterocycles. The van der Waals surface area contributed by atoms with Crippen LogP contribution in [0.3, 0.4) is 0 Å². The fourth-order valence-electron chi connectivity index (χ4n) is 4.26. The minimum Gasteiger partial charge on any atom is -0.391 e. The molecule has 2 aliphatic rings. The summed E-state index contributed by atoms with van der Waals surface area (Å²) in [5.74, 6) is -0.320. The molecule has 0 saturated carbocycles. The van der Waals surface area contributed by atoms with E-state index in [-0.39, 0.29) is 24.2 Å². The van der Waals surface area contributed by atoms with E-state index in [1.165, 1.54) is 4.31 Å². The maximum Gasteiger partial charge on any atom is 0.244 e. The molecule has 0 radical (unpaired) electrons. The highest BCUT2D eigenvalue weighted by atomic mass is 35.5. The zero-order valence-electron chi connectivity index (χ0n) is 16.6. The SMILES string of the molecule is Cc1cc(C)c(S(=O)(=O)N2CCCC2C(=O)NCC2CNCC2O)c(C)c1.Cl. The van der Waals surface area contributed by atoms with Gasteiger partial charge < -0.3 is 15.7 Å². The van der Waals surface area contributed by atoms with Crippen molar-refractivity contribution in [2.24, 2.45) is 5.92 Å². The van der Waals surface area contributed by atoms with Crippen LogP contribution < -0.4 is 10.6 Å². The van der Waals surface area contributed by atoms with Gasteiger partial charge >= 0.3 is 0 Å². The molecule has 3 rings (SSSR count). The number of aliphatic hydroxyl groups excluding tert-OH is 1. The van der Waals surface area contributed by atoms with Crippen LogP contribution in [0.25, 0.3) is 0 Å². The van der Waals surface area contributed by atoms with Crippen molar-refractivity contribution in [3.8, 4) is 0 Å². The summed E-state index contributed by atoms with van der Waals surface area (Å²) >= 11 is 0. The maximum absolute atomic E-state index is 13.3. The molecule has 3 unspecified atom stereocenters. The van der Waals surface area contributed by atoms with Crippen LogP contribution in [0, 0.1) is 26.7 Å². The van der Waals surface area contributed by atoms with Crippen molar-refractivity contribution >= 4 is 28.3 Å². The Morgan fingerprint density at radius 1 is 1.25 bits per heavy atom. The quantitative estimate of drug-likeness (QED) is 0.642. The Bertz CT molecular complexity index is 807. The lowest BCUT2D eigenvalue weighted by atomic mass is 10.1. The van der Waals surface area contributed by atoms with Gasteiger partial charge in [0, 0.05) is 32.1 Å². The first-order chi connectivity index (χ1) is 12.7. The molecular weight excluding hydrogens is 402 g/mol. The van der Waals surface area contributed by atoms with Gasteiger partial charge in [-0.2, -0.15) is 4.31 Å². The maximum atomic E-state index is 13.3. The molecule has 7 nitrogen and oxygen atoms in total. The second kappa shape index (κ2) is 9.09. The van der Waals surface area contributed by atoms with Gasteiger partial charge in [0.25, 0.3) is 0 Å². The molecule has 0 aromatic heterocycles. The molecule has 158 valence electrons. The molecule has 2 fully saturated rings. The number of hydrogen-bond acceptors (Lipinski definition) is 5. The normalized spacial score (nSPS) is 25.5. The first-order valence-corrected chi connectivity index (χ1v) is 10.9. The summed E-state index contributed by atoms with van der Waals surface area (Å²) in [7, 11) is -3.75. The number of amides is 1. The highest BCUT2D eigenvalue weighted by molar-refractivity contribution is 7.89. The molecule has 28 heavy (non-hydrogen) atoms. The van der Waals surface area contributed by atoms with Crippen LogP contribution in [0.1, 0.15) is 29.5 Å². The van der Waals surface area contributed by atoms with E-state index >= 15 is 0 Å². The van der Waals surface area contributed by atoms with E-state index in [4.69, 9.17) is 0 Å². The van der Waals surface area contributed by atoms with Crippen LogP contribution in [0.4, 0.5) is 0 Å². The number of nitrogens with one attached hydrogen (secondary N) is 2. The van der Waals surface area contributed by atoms with Crippen molar-refractivity contribution in [2.75, 3.05) is 26.2 Å². The molecule has 0 bridgehead atoms. The van der Waals surface area contributed by atoms with Gasteiger partial charge in [-0.1, -0.05) is 17.7 Å². The summed E-state index contributed by atoms with van der Waals surface area (Å²) in [5.41, 5.74) is 2.43. The summed E-state index contributed by atoms with van der Waals surface area (Å²) < 4.78 is 28.0. The first-order valence-electron chi connectivity index (χ1n) is 9.48. The number of benzene rings is 1. The average molecular weight is 432 g/mol. The van der Waals surface area contributed by atoms with E-state index in [2.05, 4.69) is 10.6 Å². The molecule has 0 spiro atoms. The summed E-state index contributed by atoms with van der Waals surface area (Å²) in [5, 5.41) is 15.8. The number of β-amino-alcohol motifs (C(OH)–C–C–N with tert-alkyl or cyclic N) is 1. The van der Waals surface area contributed by atoms with Gasteiger partial charge in [-0.05, 0) is 44.7 Å². The third kappa shape index (κ3) is 4.52. The smallest absolute Gasteiger partial charge is 0.244 e. The third-order valence-corrected chi connectivity index (χ3v) is 7.73. The number of nitrogens with zero attached hydrogens (tertiary/aromatic N) is 1. The van der Waals surface area contributed by atoms with Crippen LogP contribution >= 0.6 is 12.4 Å². The zero-order chi connectivity index (χ0) is 19.8. The molecule has 9 heteroatoms. The fourth-order valence-corrected chi connectivity index (χ4v) is 6.33. The van der Waals surface area contributed by atoms with E-state index < -0.39 is 22.2 Å². The van der Waals surface area contributed by atoms with E-state index in [9.17, 15) is 18.3 Å². The zero-order valence-corrected chi connectivity index (χ0v) is 18.2. The van der Waals surface area contributed by atoms with Gasteiger partial charge in [0.15, 0.2) is 0 Å². The molecule has 2 heterocycles. The summed E-state index contributed by atoms with van der Waals surface area (Å²) in [6.45, 7) is 7.40. The predicted molar refractivity (Wildman–Crippen MR) is 110 cm³/mol. The van der Waals surface area contributed by atoms with Crippen molar-refractivity contribution in [3.05, 3.63) is 28.8 Å². The van der Waals surface area contributed by atoms with E-state index in [1.54, 1.807) is 13.8 Å². The van der Waals surface area contributed by atoms with Gasteiger partial charge in [0.2, 0.25) is 15.9 Å². The Labute approximate surface area is 173 Å². The Kier molecular flexibility index (Phi) is 7.50. The van der Waals surface area contributed by atoms with E-state index in [0.29, 0.717) is 55.0 Å². The highest BCUT2D eigenvalue weighted by Gasteiger charge is 2.40. The number of halogens is 1. The molecule has 1 amide bonds. The molecule has 2 saturated heterocycles. The number of sulfonamides is 1. The lowest BCUT2D eigenvalue weighted by Gasteiger charge is -2.26. The Balaban J connectivity index is 0.00000280. The standard InChI is InChI=1S/C19H29N3O4S.ClH/c1-12-7-13(2)18(14(3)8-12)27(25,26)22-6-4-5-16(22)19(24)21-10-15-9-20-11-17(15)23;/h7-8,15-17,20,23H,4-6,9-11H2,1-3H3,(H,21,24);1H. The van der Waals surface area contributed by atoms with Gasteiger partial charge in [-0.15, -0.1) is 12.4 Å². The monoisotopic (exact) mass is 431 g/mol. The average Bonchev–Trinajstić information content (AvgIpc) is 3.20. The van der Waals surface area contributed by atoms with Gasteiger partial charge in [-0.3, -0.25) is 4.79 Å². The molecule has 0 aliphatic carbocycles. The van der Waals surface area contributed by atoms with Crippen LogP contribution in [0.5, 0.6) is 0 Å². The van der Waals surface area contributed by atoms with Crippen LogP contribution in [0.2, 0.25) is 0 Å². The van der Waals surface area contributed by atoms with Crippen molar-refractivity contribution in [1.82, 2.24) is 14.9 Å². The number of aliphatic hydroxyl groups is 1. The largest absolute Gasteiger partial charge is 0.391 e. The highest BCUT2D eigenvalue weighted by Crippen LogP contribution is 2.30. The first kappa shape index (κ1) is 23.1. The topological polar surface area (TPSA) is 98.7 Å². The second-order valence-corrected chi connectivity index (χ2v) is 9.56. The van der Waals surface area contributed by atoms with Gasteiger partial charge in [0.05, 0.1) is 11.0 Å². The summed E-state index contributed by atoms with van der Waals surface area (Å²) in [4.78, 5) is 13.0. The number of carbonyl (C=O) groups excluding carboxylic acids is 1. The minimum atomic E-state index is -3.75. The van der Waals surface area contributed by atoms with Crippen LogP contribution in [-0.2, 0) is 14.8 Å². The van der Waals surface area contributed by atoms with Crippen molar-refractivity contribution in [1.29, 1.82) is 0 Å². The van der Waals surface area contributed by atoms with Crippen molar-refractivity contribution < 1.29 is 18.3 Å². The molecular formula is C19H30ClN3O4S. The number of carbonyl (C=O) groups is 1. The second-order valence-electron chi connectivity index (χ2n) is 7.73. The number of rotatable bonds is 5. The third-order valence-electron chi connectivity index (χ3n) is 5.52. The van der Waals surface area contributed by atoms with Crippen LogP contribution in [-0.4, -0.2) is 62.1 Å². The van der Waals surface area contributed by atoms with Gasteiger partial charge in [-0.25, -0.2) is 8.42 Å². The Morgan fingerprint density at radius 3 is 2.46 bits per heavy atom. The van der Waals surface area contributed by atoms with E-state index in [1.807, 2.05) is 19.1 Å². The predicted octanol–water partition coefficient (Wildman–Crippen LogP) is 0.883. The molecule has 3 N–H and O–H groups in total. The molecule has 3 atom stereocenters. The Hall–Kier alpha value is -1.19. The minimum absolute atomic E-state index is 0. The van der Waals surface area contributed by atoms with Crippen LogP contribution in [0.15, 0.2) is 17.0 Å². The van der Waals surface area contributed by atoms with Crippen molar-refractivity contribution in [2.45, 2.75) is 50.7 Å². The summed E-state index contributed by atoms with van der Waals surface area (Å²) in [6.07, 6.45) is 0.696. The van der Waals surface area contributed by atoms with E-state index in [0.717, 1.165) is 5.56 Å². The number of hydrogen-bond donors (Lipinski definition) is 3. The molecule has 1 aromatic rings. The lowest BCUT2D eigenvalue weighted by molar-refractivity contribution is -0.124. The van der Waals surface area contributed by atoms with Gasteiger partial charge in [0.1, 0.15) is 6.04 Å². The summed E-state index contributed by atoms with van der Waals surface area (Å²) in [6, 6.07) is 3.03. The molecule has 1 aromatic carbocycles. The Morgan fingerprint density at radius 2 is 1.89 bits per heavy atom. The fraction of sp³-hybridized carbons (Fsp3) is 0.632.